The summed E-state index contributed by atoms with van der Waals surface area (Å²) in [6, 6.07) is 14.0. The molecule has 0 aliphatic carbocycles. The number of carbonyl (C=O) groups is 1. The lowest BCUT2D eigenvalue weighted by molar-refractivity contribution is 0.0930. The summed E-state index contributed by atoms with van der Waals surface area (Å²) in [5.74, 6) is 0.161. The van der Waals surface area contributed by atoms with Crippen LogP contribution in [0, 0.1) is 11.3 Å². The Hall–Kier alpha value is -2.78. The number of hydrogen-bond acceptors (Lipinski definition) is 4. The van der Waals surface area contributed by atoms with Crippen molar-refractivity contribution in [3.8, 4) is 11.8 Å². The van der Waals surface area contributed by atoms with Gasteiger partial charge in [0.25, 0.3) is 5.91 Å². The Morgan fingerprint density at radius 1 is 1.26 bits per heavy atom. The number of amides is 1. The number of carbonyl (C=O) groups excluding carboxylic acids is 1. The highest BCUT2D eigenvalue weighted by Crippen LogP contribution is 2.21. The number of nitrogens with zero attached hydrogens (tertiary/aromatic N) is 1. The Morgan fingerprint density at radius 3 is 2.56 bits per heavy atom. The molecule has 0 aromatic heterocycles. The highest BCUT2D eigenvalue weighted by molar-refractivity contribution is 6.32. The number of nitriles is 1. The van der Waals surface area contributed by atoms with Crippen LogP contribution in [0.15, 0.2) is 42.5 Å². The Morgan fingerprint density at radius 2 is 1.96 bits per heavy atom. The lowest BCUT2D eigenvalue weighted by Gasteiger charge is -2.19. The molecule has 1 amide bonds. The predicted molar refractivity (Wildman–Crippen MR) is 105 cm³/mol. The highest BCUT2D eigenvalue weighted by atomic mass is 16.5. The molecule has 0 saturated carbocycles. The third kappa shape index (κ3) is 6.16. The van der Waals surface area contributed by atoms with E-state index in [0.29, 0.717) is 35.2 Å². The smallest absolute Gasteiger partial charge is 0.251 e. The van der Waals surface area contributed by atoms with Gasteiger partial charge in [-0.05, 0) is 50.5 Å². The molecule has 1 unspecified atom stereocenters. The second-order valence-corrected chi connectivity index (χ2v) is 6.62. The van der Waals surface area contributed by atoms with E-state index in [-0.39, 0.29) is 24.7 Å². The summed E-state index contributed by atoms with van der Waals surface area (Å²) in [5.41, 5.74) is 2.38. The average Bonchev–Trinajstić information content (AvgIpc) is 2.63. The van der Waals surface area contributed by atoms with Gasteiger partial charge >= 0.3 is 0 Å². The molecule has 1 atom stereocenters. The molecular formula is C21H23BN2O3. The first kappa shape index (κ1) is 20.5. The summed E-state index contributed by atoms with van der Waals surface area (Å²) in [6.07, 6.45) is 0.938. The normalized spacial score (nSPS) is 11.7. The quantitative estimate of drug-likeness (QED) is 0.703. The summed E-state index contributed by atoms with van der Waals surface area (Å²) < 4.78 is 5.58. The second kappa shape index (κ2) is 9.79. The minimum atomic E-state index is -0.295. The molecule has 0 bridgehead atoms. The van der Waals surface area contributed by atoms with Crippen LogP contribution >= 0.6 is 0 Å². The van der Waals surface area contributed by atoms with Crippen molar-refractivity contribution in [3.05, 3.63) is 59.2 Å². The highest BCUT2D eigenvalue weighted by Gasteiger charge is 2.16. The molecule has 0 spiro atoms. The molecule has 2 radical (unpaired) electrons. The van der Waals surface area contributed by atoms with Crippen LogP contribution in [0.1, 0.15) is 41.8 Å². The Kier molecular flexibility index (Phi) is 7.45. The van der Waals surface area contributed by atoms with E-state index in [1.807, 2.05) is 26.0 Å². The first-order chi connectivity index (χ1) is 12.9. The van der Waals surface area contributed by atoms with Gasteiger partial charge < -0.3 is 15.2 Å². The van der Waals surface area contributed by atoms with Gasteiger partial charge in [0.15, 0.2) is 0 Å². The van der Waals surface area contributed by atoms with Gasteiger partial charge in [0.05, 0.1) is 11.7 Å². The van der Waals surface area contributed by atoms with Gasteiger partial charge in [0.1, 0.15) is 19.7 Å². The molecule has 2 rings (SSSR count). The van der Waals surface area contributed by atoms with Crippen LogP contribution in [-0.4, -0.2) is 37.6 Å². The largest absolute Gasteiger partial charge is 0.490 e. The number of aliphatic hydroxyl groups excluding tert-OH is 1. The van der Waals surface area contributed by atoms with Gasteiger partial charge in [0, 0.05) is 18.2 Å². The Labute approximate surface area is 161 Å². The number of rotatable bonds is 8. The third-order valence-corrected chi connectivity index (χ3v) is 4.00. The lowest BCUT2D eigenvalue weighted by Crippen LogP contribution is -2.37. The fourth-order valence-electron chi connectivity index (χ4n) is 2.70. The van der Waals surface area contributed by atoms with Crippen LogP contribution in [0.25, 0.3) is 0 Å². The second-order valence-electron chi connectivity index (χ2n) is 6.62. The zero-order chi connectivity index (χ0) is 19.8. The fourth-order valence-corrected chi connectivity index (χ4v) is 2.70. The maximum atomic E-state index is 12.6. The zero-order valence-electron chi connectivity index (χ0n) is 15.6. The fraction of sp³-hybridized carbons (Fsp3) is 0.333. The van der Waals surface area contributed by atoms with Gasteiger partial charge in [0.2, 0.25) is 0 Å². The van der Waals surface area contributed by atoms with Crippen LogP contribution in [0.5, 0.6) is 5.75 Å². The van der Waals surface area contributed by atoms with Gasteiger partial charge in [-0.1, -0.05) is 29.7 Å². The lowest BCUT2D eigenvalue weighted by atomic mass is 9.93. The van der Waals surface area contributed by atoms with Gasteiger partial charge in [-0.2, -0.15) is 5.26 Å². The van der Waals surface area contributed by atoms with Crippen molar-refractivity contribution >= 4 is 19.2 Å². The topological polar surface area (TPSA) is 82.3 Å². The SMILES string of the molecule is [B]c1ccc(CC(CCO)NC(=O)c2ccc(OC(C)C)c(C#N)c2)cc1. The molecule has 5 nitrogen and oxygen atoms in total. The molecule has 2 N–H and O–H groups in total. The van der Waals surface area contributed by atoms with Crippen molar-refractivity contribution in [1.82, 2.24) is 5.32 Å². The number of benzene rings is 2. The maximum absolute atomic E-state index is 12.6. The van der Waals surface area contributed by atoms with Crippen molar-refractivity contribution in [2.75, 3.05) is 6.61 Å². The standard InChI is InChI=1S/C21H23BN2O3/c1-14(2)27-20-8-5-16(12-17(20)13-23)21(26)24-19(9-10-25)11-15-3-6-18(22)7-4-15/h3-8,12,14,19,25H,9-11H2,1-2H3,(H,24,26). The van der Waals surface area contributed by atoms with Crippen molar-refractivity contribution in [2.24, 2.45) is 0 Å². The van der Waals surface area contributed by atoms with Gasteiger partial charge in [-0.25, -0.2) is 0 Å². The molecule has 0 aliphatic rings. The van der Waals surface area contributed by atoms with Crippen molar-refractivity contribution in [1.29, 1.82) is 5.26 Å². The number of ether oxygens (including phenoxy) is 1. The third-order valence-electron chi connectivity index (χ3n) is 4.00. The Bertz CT molecular complexity index is 813. The van der Waals surface area contributed by atoms with Crippen LogP contribution < -0.4 is 15.5 Å². The first-order valence-corrected chi connectivity index (χ1v) is 8.90. The van der Waals surface area contributed by atoms with E-state index in [0.717, 1.165) is 5.56 Å². The van der Waals surface area contributed by atoms with E-state index >= 15 is 0 Å². The average molecular weight is 362 g/mol. The molecule has 0 aliphatic heterocycles. The van der Waals surface area contributed by atoms with Crippen molar-refractivity contribution in [3.63, 3.8) is 0 Å². The molecule has 138 valence electrons. The summed E-state index contributed by atoms with van der Waals surface area (Å²) in [7, 11) is 5.70. The van der Waals surface area contributed by atoms with E-state index in [1.54, 1.807) is 24.3 Å². The summed E-state index contributed by atoms with van der Waals surface area (Å²) in [5, 5.41) is 21.6. The van der Waals surface area contributed by atoms with Gasteiger partial charge in [-0.3, -0.25) is 4.79 Å². The predicted octanol–water partition coefficient (Wildman–Crippen LogP) is 1.86. The van der Waals surface area contributed by atoms with Crippen molar-refractivity contribution in [2.45, 2.75) is 38.8 Å². The summed E-state index contributed by atoms with van der Waals surface area (Å²) in [6.45, 7) is 3.71. The number of nitrogens with one attached hydrogen (secondary N) is 1. The van der Waals surface area contributed by atoms with E-state index in [1.165, 1.54) is 6.07 Å². The van der Waals surface area contributed by atoms with Crippen LogP contribution in [0.3, 0.4) is 0 Å². The summed E-state index contributed by atoms with van der Waals surface area (Å²) >= 11 is 0. The van der Waals surface area contributed by atoms with E-state index in [4.69, 9.17) is 12.6 Å². The van der Waals surface area contributed by atoms with Crippen LogP contribution in [0.4, 0.5) is 0 Å². The maximum Gasteiger partial charge on any atom is 0.251 e. The van der Waals surface area contributed by atoms with Crippen molar-refractivity contribution < 1.29 is 14.6 Å². The zero-order valence-corrected chi connectivity index (χ0v) is 15.6. The molecule has 0 fully saturated rings. The summed E-state index contributed by atoms with van der Waals surface area (Å²) in [4.78, 5) is 12.6. The van der Waals surface area contributed by atoms with Gasteiger partial charge in [-0.15, -0.1) is 0 Å². The Balaban J connectivity index is 2.12. The minimum absolute atomic E-state index is 0.0372. The first-order valence-electron chi connectivity index (χ1n) is 8.90. The van der Waals surface area contributed by atoms with E-state index < -0.39 is 0 Å². The monoisotopic (exact) mass is 362 g/mol. The number of hydrogen-bond donors (Lipinski definition) is 2. The molecule has 0 saturated heterocycles. The van der Waals surface area contributed by atoms with Crippen LogP contribution in [0.2, 0.25) is 0 Å². The minimum Gasteiger partial charge on any atom is -0.490 e. The molecule has 2 aromatic rings. The molecule has 6 heteroatoms. The van der Waals surface area contributed by atoms with E-state index in [9.17, 15) is 15.2 Å². The molecular weight excluding hydrogens is 339 g/mol. The molecule has 0 heterocycles. The molecule has 27 heavy (non-hydrogen) atoms. The van der Waals surface area contributed by atoms with Crippen LogP contribution in [-0.2, 0) is 6.42 Å². The number of aliphatic hydroxyl groups is 1. The van der Waals surface area contributed by atoms with E-state index in [2.05, 4.69) is 11.4 Å². The molecule has 2 aromatic carbocycles.